The van der Waals surface area contributed by atoms with Crippen LogP contribution in [0.3, 0.4) is 0 Å². The average Bonchev–Trinajstić information content (AvgIpc) is 2.93. The van der Waals surface area contributed by atoms with E-state index >= 15 is 0 Å². The number of hydrogen-bond acceptors (Lipinski definition) is 5. The van der Waals surface area contributed by atoms with Crippen molar-refractivity contribution in [3.63, 3.8) is 0 Å². The van der Waals surface area contributed by atoms with Gasteiger partial charge in [0.1, 0.15) is 12.1 Å². The Morgan fingerprint density at radius 3 is 2.16 bits per heavy atom. The van der Waals surface area contributed by atoms with E-state index in [1.54, 1.807) is 12.1 Å². The Balaban J connectivity index is 1.22. The molecule has 2 aliphatic heterocycles. The summed E-state index contributed by atoms with van der Waals surface area (Å²) in [4.78, 5) is 28.8. The second kappa shape index (κ2) is 11.2. The SMILES string of the molecule is Cc1ncnc(C)c1C(=O)N1CCC(C)(N2CCC(N(Cc3ccccc3)c3ccc(F)cc3)CC2)CC1. The molecule has 0 bridgehead atoms. The van der Waals surface area contributed by atoms with Gasteiger partial charge in [0.25, 0.3) is 5.91 Å². The fraction of sp³-hybridized carbons (Fsp3) is 0.452. The minimum absolute atomic E-state index is 0.0530. The molecule has 2 aliphatic rings. The van der Waals surface area contributed by atoms with E-state index in [1.807, 2.05) is 36.9 Å². The Morgan fingerprint density at radius 2 is 1.55 bits per heavy atom. The predicted molar refractivity (Wildman–Crippen MR) is 149 cm³/mol. The summed E-state index contributed by atoms with van der Waals surface area (Å²) in [7, 11) is 0. The lowest BCUT2D eigenvalue weighted by molar-refractivity contribution is 0.0170. The number of nitrogens with zero attached hydrogens (tertiary/aromatic N) is 5. The molecule has 0 aliphatic carbocycles. The van der Waals surface area contributed by atoms with Gasteiger partial charge in [0.15, 0.2) is 0 Å². The highest BCUT2D eigenvalue weighted by atomic mass is 19.1. The highest BCUT2D eigenvalue weighted by molar-refractivity contribution is 5.96. The van der Waals surface area contributed by atoms with Crippen molar-refractivity contribution in [1.82, 2.24) is 19.8 Å². The fourth-order valence-corrected chi connectivity index (χ4v) is 6.13. The summed E-state index contributed by atoms with van der Waals surface area (Å²) in [6.07, 6.45) is 5.56. The van der Waals surface area contributed by atoms with Gasteiger partial charge in [-0.3, -0.25) is 9.69 Å². The zero-order valence-corrected chi connectivity index (χ0v) is 22.7. The average molecular weight is 516 g/mol. The van der Waals surface area contributed by atoms with Gasteiger partial charge < -0.3 is 9.80 Å². The second-order valence-electron chi connectivity index (χ2n) is 11.0. The molecule has 3 heterocycles. The van der Waals surface area contributed by atoms with Gasteiger partial charge in [0, 0.05) is 50.0 Å². The zero-order valence-electron chi connectivity index (χ0n) is 22.7. The third-order valence-corrected chi connectivity index (χ3v) is 8.59. The van der Waals surface area contributed by atoms with Crippen LogP contribution in [0.2, 0.25) is 0 Å². The number of aromatic nitrogens is 2. The topological polar surface area (TPSA) is 52.6 Å². The number of aryl methyl sites for hydroxylation is 2. The van der Waals surface area contributed by atoms with Gasteiger partial charge >= 0.3 is 0 Å². The van der Waals surface area contributed by atoms with Crippen molar-refractivity contribution in [2.45, 2.75) is 64.6 Å². The van der Waals surface area contributed by atoms with E-state index < -0.39 is 0 Å². The van der Waals surface area contributed by atoms with Gasteiger partial charge in [-0.1, -0.05) is 30.3 Å². The zero-order chi connectivity index (χ0) is 26.7. The van der Waals surface area contributed by atoms with E-state index in [1.165, 1.54) is 11.9 Å². The third-order valence-electron chi connectivity index (χ3n) is 8.59. The number of amides is 1. The molecule has 7 heteroatoms. The highest BCUT2D eigenvalue weighted by Crippen LogP contribution is 2.34. The third kappa shape index (κ3) is 5.58. The van der Waals surface area contributed by atoms with Crippen LogP contribution in [0.4, 0.5) is 10.1 Å². The molecular formula is C31H38FN5O. The maximum absolute atomic E-state index is 13.7. The largest absolute Gasteiger partial charge is 0.364 e. The summed E-state index contributed by atoms with van der Waals surface area (Å²) in [6.45, 7) is 10.5. The maximum Gasteiger partial charge on any atom is 0.257 e. The summed E-state index contributed by atoms with van der Waals surface area (Å²) >= 11 is 0. The van der Waals surface area contributed by atoms with Gasteiger partial charge in [0.2, 0.25) is 0 Å². The summed E-state index contributed by atoms with van der Waals surface area (Å²) < 4.78 is 13.7. The van der Waals surface area contributed by atoms with Crippen LogP contribution in [0.25, 0.3) is 0 Å². The van der Waals surface area contributed by atoms with Crippen LogP contribution in [-0.2, 0) is 6.54 Å². The second-order valence-corrected chi connectivity index (χ2v) is 11.0. The first-order valence-electron chi connectivity index (χ1n) is 13.7. The Labute approximate surface area is 225 Å². The molecule has 0 N–H and O–H groups in total. The van der Waals surface area contributed by atoms with Crippen LogP contribution in [-0.4, -0.2) is 63.4 Å². The van der Waals surface area contributed by atoms with Crippen LogP contribution in [0.5, 0.6) is 0 Å². The van der Waals surface area contributed by atoms with E-state index in [0.717, 1.165) is 75.5 Å². The van der Waals surface area contributed by atoms with E-state index in [2.05, 4.69) is 51.0 Å². The van der Waals surface area contributed by atoms with Crippen molar-refractivity contribution in [3.8, 4) is 0 Å². The normalized spacial score (nSPS) is 18.4. The van der Waals surface area contributed by atoms with Gasteiger partial charge in [-0.15, -0.1) is 0 Å². The summed E-state index contributed by atoms with van der Waals surface area (Å²) in [6, 6.07) is 17.8. The standard InChI is InChI=1S/C31H38FN5O/c1-23-29(24(2)34-22-33-23)30(38)35-19-15-31(3,16-20-35)36-17-13-28(14-18-36)37(21-25-7-5-4-6-8-25)27-11-9-26(32)10-12-27/h4-12,22,28H,13-21H2,1-3H3. The van der Waals surface area contributed by atoms with Gasteiger partial charge in [0.05, 0.1) is 17.0 Å². The molecule has 1 amide bonds. The summed E-state index contributed by atoms with van der Waals surface area (Å²) in [5, 5.41) is 0. The highest BCUT2D eigenvalue weighted by Gasteiger charge is 2.39. The molecule has 6 nitrogen and oxygen atoms in total. The van der Waals surface area contributed by atoms with E-state index in [4.69, 9.17) is 0 Å². The minimum Gasteiger partial charge on any atom is -0.364 e. The summed E-state index contributed by atoms with van der Waals surface area (Å²) in [5.41, 5.74) is 4.56. The fourth-order valence-electron chi connectivity index (χ4n) is 6.13. The Morgan fingerprint density at radius 1 is 0.947 bits per heavy atom. The molecule has 1 aromatic heterocycles. The lowest BCUT2D eigenvalue weighted by Gasteiger charge is -2.50. The lowest BCUT2D eigenvalue weighted by atomic mass is 9.85. The molecule has 0 radical (unpaired) electrons. The van der Waals surface area contributed by atoms with Crippen LogP contribution in [0.1, 0.15) is 59.9 Å². The number of likely N-dealkylation sites (tertiary alicyclic amines) is 2. The quantitative estimate of drug-likeness (QED) is 0.440. The molecular weight excluding hydrogens is 477 g/mol. The number of anilines is 1. The smallest absolute Gasteiger partial charge is 0.257 e. The van der Waals surface area contributed by atoms with Crippen molar-refractivity contribution < 1.29 is 9.18 Å². The number of halogens is 1. The molecule has 2 fully saturated rings. The molecule has 2 saturated heterocycles. The van der Waals surface area contributed by atoms with E-state index in [0.29, 0.717) is 11.6 Å². The maximum atomic E-state index is 13.7. The Bertz CT molecular complexity index is 1210. The molecule has 2 aromatic carbocycles. The summed E-state index contributed by atoms with van der Waals surface area (Å²) in [5.74, 6) is -0.150. The van der Waals surface area contributed by atoms with E-state index in [-0.39, 0.29) is 17.3 Å². The first-order valence-corrected chi connectivity index (χ1v) is 13.7. The molecule has 0 spiro atoms. The molecule has 38 heavy (non-hydrogen) atoms. The van der Waals surface area contributed by atoms with Crippen molar-refractivity contribution in [2.75, 3.05) is 31.1 Å². The molecule has 200 valence electrons. The van der Waals surface area contributed by atoms with E-state index in [9.17, 15) is 9.18 Å². The van der Waals surface area contributed by atoms with Crippen molar-refractivity contribution >= 4 is 11.6 Å². The van der Waals surface area contributed by atoms with Gasteiger partial charge in [-0.25, -0.2) is 14.4 Å². The van der Waals surface area contributed by atoms with Gasteiger partial charge in [-0.2, -0.15) is 0 Å². The first kappa shape index (κ1) is 26.3. The number of rotatable bonds is 6. The van der Waals surface area contributed by atoms with Crippen molar-refractivity contribution in [3.05, 3.63) is 89.3 Å². The van der Waals surface area contributed by atoms with Crippen LogP contribution < -0.4 is 4.90 Å². The lowest BCUT2D eigenvalue weighted by Crippen LogP contribution is -2.58. The van der Waals surface area contributed by atoms with Crippen molar-refractivity contribution in [2.24, 2.45) is 0 Å². The number of carbonyl (C=O) groups excluding carboxylic acids is 1. The van der Waals surface area contributed by atoms with Crippen LogP contribution in [0, 0.1) is 19.7 Å². The number of carbonyl (C=O) groups is 1. The van der Waals surface area contributed by atoms with Crippen molar-refractivity contribution in [1.29, 1.82) is 0 Å². The Kier molecular flexibility index (Phi) is 7.75. The minimum atomic E-state index is -0.203. The monoisotopic (exact) mass is 515 g/mol. The molecule has 0 saturated carbocycles. The predicted octanol–water partition coefficient (Wildman–Crippen LogP) is 5.40. The number of piperidine rings is 2. The molecule has 3 aromatic rings. The molecule has 0 unspecified atom stereocenters. The number of benzene rings is 2. The molecule has 0 atom stereocenters. The Hall–Kier alpha value is -3.32. The van der Waals surface area contributed by atoms with Crippen LogP contribution in [0.15, 0.2) is 60.9 Å². The first-order chi connectivity index (χ1) is 18.3. The van der Waals surface area contributed by atoms with Gasteiger partial charge in [-0.05, 0) is 76.3 Å². The van der Waals surface area contributed by atoms with Crippen LogP contribution >= 0.6 is 0 Å². The number of hydrogen-bond donors (Lipinski definition) is 0. The molecule has 5 rings (SSSR count).